The van der Waals surface area contributed by atoms with Crippen LogP contribution in [-0.2, 0) is 4.79 Å². The van der Waals surface area contributed by atoms with Gasteiger partial charge < -0.3 is 15.2 Å². The summed E-state index contributed by atoms with van der Waals surface area (Å²) in [6, 6.07) is 1.86. The lowest BCUT2D eigenvalue weighted by molar-refractivity contribution is -0.116. The molecule has 6 nitrogen and oxygen atoms in total. The van der Waals surface area contributed by atoms with Gasteiger partial charge in [-0.15, -0.1) is 0 Å². The third-order valence-electron chi connectivity index (χ3n) is 3.80. The first-order valence-electron chi connectivity index (χ1n) is 7.26. The maximum Gasteiger partial charge on any atom is 0.224 e. The summed E-state index contributed by atoms with van der Waals surface area (Å²) >= 11 is 0. The van der Waals surface area contributed by atoms with E-state index in [-0.39, 0.29) is 5.91 Å². The van der Waals surface area contributed by atoms with Crippen LogP contribution in [0.2, 0.25) is 0 Å². The largest absolute Gasteiger partial charge is 0.323 e. The van der Waals surface area contributed by atoms with E-state index in [1.165, 1.54) is 6.42 Å². The molecule has 110 valence electrons. The molecule has 1 aliphatic heterocycles. The zero-order chi connectivity index (χ0) is 14.5. The third kappa shape index (κ3) is 3.46. The van der Waals surface area contributed by atoms with E-state index in [2.05, 4.69) is 20.6 Å². The molecule has 1 amide bonds. The van der Waals surface area contributed by atoms with E-state index in [1.54, 1.807) is 24.9 Å². The first-order chi connectivity index (χ1) is 10.3. The molecule has 2 aromatic heterocycles. The summed E-state index contributed by atoms with van der Waals surface area (Å²) in [7, 11) is 0. The molecule has 1 atom stereocenters. The average Bonchev–Trinajstić information content (AvgIpc) is 3.19. The quantitative estimate of drug-likeness (QED) is 0.875. The number of carbonyl (C=O) groups excluding carboxylic acids is 1. The van der Waals surface area contributed by atoms with Crippen molar-refractivity contribution < 1.29 is 4.79 Å². The number of pyridine rings is 1. The van der Waals surface area contributed by atoms with Crippen LogP contribution < -0.4 is 10.6 Å². The van der Waals surface area contributed by atoms with Gasteiger partial charge in [0, 0.05) is 25.0 Å². The number of nitrogens with one attached hydrogen (secondary N) is 2. The van der Waals surface area contributed by atoms with Crippen LogP contribution in [0.25, 0.3) is 5.69 Å². The number of carbonyl (C=O) groups is 1. The van der Waals surface area contributed by atoms with Crippen molar-refractivity contribution in [2.45, 2.75) is 19.3 Å². The molecule has 0 bridgehead atoms. The van der Waals surface area contributed by atoms with Crippen molar-refractivity contribution in [3.63, 3.8) is 0 Å². The molecule has 0 spiro atoms. The average molecular weight is 285 g/mol. The molecule has 1 unspecified atom stereocenters. The zero-order valence-corrected chi connectivity index (χ0v) is 11.8. The van der Waals surface area contributed by atoms with Crippen LogP contribution in [0.3, 0.4) is 0 Å². The van der Waals surface area contributed by atoms with Crippen LogP contribution in [0.15, 0.2) is 37.2 Å². The standard InChI is InChI=1S/C15H19N5O/c21-15(2-1-12-3-5-16-9-12)19-13-10-17-6-4-14(13)20-8-7-18-11-20/h4,6-8,10-12,16H,1-3,5,9H2,(H,19,21). The molecule has 0 radical (unpaired) electrons. The predicted octanol–water partition coefficient (Wildman–Crippen LogP) is 1.60. The Morgan fingerprint density at radius 3 is 3.14 bits per heavy atom. The first-order valence-corrected chi connectivity index (χ1v) is 7.26. The van der Waals surface area contributed by atoms with Crippen molar-refractivity contribution in [1.82, 2.24) is 19.9 Å². The van der Waals surface area contributed by atoms with Crippen LogP contribution >= 0.6 is 0 Å². The maximum atomic E-state index is 12.1. The minimum absolute atomic E-state index is 0.0382. The second kappa shape index (κ2) is 6.49. The van der Waals surface area contributed by atoms with Crippen LogP contribution in [0, 0.1) is 5.92 Å². The summed E-state index contributed by atoms with van der Waals surface area (Å²) in [5, 5.41) is 6.27. The minimum Gasteiger partial charge on any atom is -0.323 e. The number of anilines is 1. The number of aromatic nitrogens is 3. The van der Waals surface area contributed by atoms with Crippen LogP contribution in [-0.4, -0.2) is 33.5 Å². The molecule has 0 aromatic carbocycles. The molecule has 1 fully saturated rings. The molecule has 3 rings (SSSR count). The van der Waals surface area contributed by atoms with Crippen molar-refractivity contribution in [2.75, 3.05) is 18.4 Å². The normalized spacial score (nSPS) is 17.8. The Bertz CT molecular complexity index is 590. The van der Waals surface area contributed by atoms with Crippen molar-refractivity contribution in [1.29, 1.82) is 0 Å². The fourth-order valence-electron chi connectivity index (χ4n) is 2.62. The highest BCUT2D eigenvalue weighted by Crippen LogP contribution is 2.20. The van der Waals surface area contributed by atoms with Crippen molar-refractivity contribution in [2.24, 2.45) is 5.92 Å². The van der Waals surface area contributed by atoms with E-state index < -0.39 is 0 Å². The Kier molecular flexibility index (Phi) is 4.25. The molecule has 1 saturated heterocycles. The van der Waals surface area contributed by atoms with Crippen molar-refractivity contribution >= 4 is 11.6 Å². The maximum absolute atomic E-state index is 12.1. The molecule has 3 heterocycles. The molecule has 2 aromatic rings. The SMILES string of the molecule is O=C(CCC1CCNC1)Nc1cnccc1-n1ccnc1. The van der Waals surface area contributed by atoms with Gasteiger partial charge in [0.25, 0.3) is 0 Å². The molecule has 2 N–H and O–H groups in total. The Morgan fingerprint density at radius 2 is 2.38 bits per heavy atom. The summed E-state index contributed by atoms with van der Waals surface area (Å²) < 4.78 is 1.86. The van der Waals surface area contributed by atoms with E-state index in [4.69, 9.17) is 0 Å². The predicted molar refractivity (Wildman–Crippen MR) is 80.2 cm³/mol. The fourth-order valence-corrected chi connectivity index (χ4v) is 2.62. The van der Waals surface area contributed by atoms with Gasteiger partial charge in [-0.2, -0.15) is 0 Å². The van der Waals surface area contributed by atoms with Gasteiger partial charge in [0.05, 0.1) is 23.9 Å². The number of amides is 1. The van der Waals surface area contributed by atoms with Gasteiger partial charge in [0.2, 0.25) is 5.91 Å². The van der Waals surface area contributed by atoms with Gasteiger partial charge in [-0.05, 0) is 37.9 Å². The second-order valence-electron chi connectivity index (χ2n) is 5.31. The van der Waals surface area contributed by atoms with Gasteiger partial charge in [-0.3, -0.25) is 9.78 Å². The summed E-state index contributed by atoms with van der Waals surface area (Å²) in [5.74, 6) is 0.661. The summed E-state index contributed by atoms with van der Waals surface area (Å²) in [6.45, 7) is 2.10. The number of nitrogens with zero attached hydrogens (tertiary/aromatic N) is 3. The molecule has 0 saturated carbocycles. The lowest BCUT2D eigenvalue weighted by Crippen LogP contribution is -2.16. The number of imidazole rings is 1. The Morgan fingerprint density at radius 1 is 1.43 bits per heavy atom. The monoisotopic (exact) mass is 285 g/mol. The van der Waals surface area contributed by atoms with Gasteiger partial charge in [-0.25, -0.2) is 4.98 Å². The molecular formula is C15H19N5O. The van der Waals surface area contributed by atoms with Crippen LogP contribution in [0.1, 0.15) is 19.3 Å². The highest BCUT2D eigenvalue weighted by atomic mass is 16.1. The van der Waals surface area contributed by atoms with E-state index in [1.807, 2.05) is 16.8 Å². The van der Waals surface area contributed by atoms with Crippen LogP contribution in [0.5, 0.6) is 0 Å². The highest BCUT2D eigenvalue weighted by Gasteiger charge is 2.16. The Labute approximate surface area is 123 Å². The smallest absolute Gasteiger partial charge is 0.224 e. The molecule has 0 aliphatic carbocycles. The van der Waals surface area contributed by atoms with Crippen molar-refractivity contribution in [3.8, 4) is 5.69 Å². The number of hydrogen-bond donors (Lipinski definition) is 2. The van der Waals surface area contributed by atoms with Crippen molar-refractivity contribution in [3.05, 3.63) is 37.2 Å². The number of hydrogen-bond acceptors (Lipinski definition) is 4. The summed E-state index contributed by atoms with van der Waals surface area (Å²) in [6.07, 6.45) is 11.3. The molecule has 1 aliphatic rings. The topological polar surface area (TPSA) is 71.8 Å². The summed E-state index contributed by atoms with van der Waals surface area (Å²) in [5.41, 5.74) is 1.59. The van der Waals surface area contributed by atoms with Gasteiger partial charge in [-0.1, -0.05) is 0 Å². The van der Waals surface area contributed by atoms with Crippen LogP contribution in [0.4, 0.5) is 5.69 Å². The molecule has 21 heavy (non-hydrogen) atoms. The second-order valence-corrected chi connectivity index (χ2v) is 5.31. The molecular weight excluding hydrogens is 266 g/mol. The molecule has 6 heteroatoms. The van der Waals surface area contributed by atoms with E-state index >= 15 is 0 Å². The zero-order valence-electron chi connectivity index (χ0n) is 11.8. The highest BCUT2D eigenvalue weighted by molar-refractivity contribution is 5.92. The van der Waals surface area contributed by atoms with E-state index in [9.17, 15) is 4.79 Å². The number of rotatable bonds is 5. The third-order valence-corrected chi connectivity index (χ3v) is 3.80. The van der Waals surface area contributed by atoms with E-state index in [0.29, 0.717) is 18.0 Å². The fraction of sp³-hybridized carbons (Fsp3) is 0.400. The lowest BCUT2D eigenvalue weighted by Gasteiger charge is -2.12. The van der Waals surface area contributed by atoms with Gasteiger partial charge in [0.15, 0.2) is 0 Å². The summed E-state index contributed by atoms with van der Waals surface area (Å²) in [4.78, 5) is 20.2. The Balaban J connectivity index is 1.63. The lowest BCUT2D eigenvalue weighted by atomic mass is 10.0. The van der Waals surface area contributed by atoms with Gasteiger partial charge in [0.1, 0.15) is 0 Å². The van der Waals surface area contributed by atoms with Gasteiger partial charge >= 0.3 is 0 Å². The first kappa shape index (κ1) is 13.8. The Hall–Kier alpha value is -2.21. The van der Waals surface area contributed by atoms with E-state index in [0.717, 1.165) is 25.2 Å². The minimum atomic E-state index is 0.0382.